The molecule has 1 aliphatic rings. The van der Waals surface area contributed by atoms with Crippen LogP contribution in [0.1, 0.15) is 17.2 Å². The smallest absolute Gasteiger partial charge is 0.243 e. The van der Waals surface area contributed by atoms with Crippen LogP contribution in [0.25, 0.3) is 0 Å². The molecule has 1 aromatic carbocycles. The van der Waals surface area contributed by atoms with E-state index in [1.807, 2.05) is 30.3 Å². The fraction of sp³-hybridized carbons (Fsp3) is 0.267. The Morgan fingerprint density at radius 3 is 2.50 bits per heavy atom. The van der Waals surface area contributed by atoms with Gasteiger partial charge in [0.25, 0.3) is 0 Å². The molecule has 0 amide bonds. The van der Waals surface area contributed by atoms with Crippen LogP contribution in [0.5, 0.6) is 0 Å². The predicted molar refractivity (Wildman–Crippen MR) is 76.9 cm³/mol. The summed E-state index contributed by atoms with van der Waals surface area (Å²) in [7, 11) is -3.37. The molecule has 0 saturated carbocycles. The average Bonchev–Trinajstić information content (AvgIpc) is 2.38. The van der Waals surface area contributed by atoms with Crippen molar-refractivity contribution >= 4 is 10.0 Å². The zero-order valence-corrected chi connectivity index (χ0v) is 12.0. The molecule has 0 atom stereocenters. The van der Waals surface area contributed by atoms with Crippen molar-refractivity contribution in [2.45, 2.75) is 17.7 Å². The lowest BCUT2D eigenvalue weighted by Gasteiger charge is -2.38. The van der Waals surface area contributed by atoms with Crippen molar-refractivity contribution in [3.05, 3.63) is 59.9 Å². The van der Waals surface area contributed by atoms with Crippen molar-refractivity contribution in [3.63, 3.8) is 0 Å². The van der Waals surface area contributed by atoms with Crippen LogP contribution in [0, 0.1) is 6.92 Å². The van der Waals surface area contributed by atoms with Crippen LogP contribution in [0.4, 0.5) is 0 Å². The van der Waals surface area contributed by atoms with Crippen molar-refractivity contribution < 1.29 is 8.42 Å². The average molecular weight is 288 g/mol. The van der Waals surface area contributed by atoms with Gasteiger partial charge in [0, 0.05) is 30.9 Å². The summed E-state index contributed by atoms with van der Waals surface area (Å²) < 4.78 is 26.4. The second kappa shape index (κ2) is 5.00. The van der Waals surface area contributed by atoms with Crippen LogP contribution < -0.4 is 0 Å². The summed E-state index contributed by atoms with van der Waals surface area (Å²) in [5, 5.41) is 0. The molecule has 20 heavy (non-hydrogen) atoms. The zero-order chi connectivity index (χ0) is 14.2. The van der Waals surface area contributed by atoms with Crippen molar-refractivity contribution in [1.29, 1.82) is 0 Å². The molecule has 0 aliphatic carbocycles. The van der Waals surface area contributed by atoms with E-state index in [1.165, 1.54) is 16.1 Å². The van der Waals surface area contributed by atoms with Gasteiger partial charge in [-0.25, -0.2) is 8.42 Å². The van der Waals surface area contributed by atoms with E-state index < -0.39 is 10.0 Å². The second-order valence-corrected chi connectivity index (χ2v) is 7.00. The van der Waals surface area contributed by atoms with Crippen LogP contribution in [-0.2, 0) is 10.0 Å². The van der Waals surface area contributed by atoms with Crippen molar-refractivity contribution in [2.75, 3.05) is 13.1 Å². The van der Waals surface area contributed by atoms with Crippen molar-refractivity contribution in [1.82, 2.24) is 9.29 Å². The number of nitrogens with zero attached hydrogens (tertiary/aromatic N) is 2. The summed E-state index contributed by atoms with van der Waals surface area (Å²) in [5.41, 5.74) is 1.91. The first-order valence-electron chi connectivity index (χ1n) is 6.55. The Morgan fingerprint density at radius 2 is 1.85 bits per heavy atom. The minimum Gasteiger partial charge on any atom is -0.262 e. The third-order valence-corrected chi connectivity index (χ3v) is 5.45. The van der Waals surface area contributed by atoms with E-state index in [1.54, 1.807) is 19.1 Å². The summed E-state index contributed by atoms with van der Waals surface area (Å²) in [5.74, 6) is 0.300. The lowest BCUT2D eigenvalue weighted by Crippen LogP contribution is -2.48. The van der Waals surface area contributed by atoms with E-state index in [9.17, 15) is 8.42 Å². The zero-order valence-electron chi connectivity index (χ0n) is 11.2. The highest BCUT2D eigenvalue weighted by Crippen LogP contribution is 2.31. The maximum Gasteiger partial charge on any atom is 0.243 e. The maximum atomic E-state index is 12.4. The lowest BCUT2D eigenvalue weighted by molar-refractivity contribution is 0.264. The number of aromatic nitrogens is 1. The first-order chi connectivity index (χ1) is 9.57. The number of pyridine rings is 1. The van der Waals surface area contributed by atoms with E-state index in [0.717, 1.165) is 0 Å². The molecule has 2 heterocycles. The van der Waals surface area contributed by atoms with E-state index >= 15 is 0 Å². The Labute approximate surface area is 119 Å². The SMILES string of the molecule is Cc1cc(S(=O)(=O)N2CC(c3ccccc3)C2)ccn1. The van der Waals surface area contributed by atoms with Gasteiger partial charge in [0.2, 0.25) is 10.0 Å². The summed E-state index contributed by atoms with van der Waals surface area (Å²) in [6.45, 7) is 2.89. The standard InChI is InChI=1S/C15H16N2O2S/c1-12-9-15(7-8-16-12)20(18,19)17-10-14(11-17)13-5-3-2-4-6-13/h2-9,14H,10-11H2,1H3. The number of hydrogen-bond donors (Lipinski definition) is 0. The minimum absolute atomic E-state index is 0.300. The van der Waals surface area contributed by atoms with Gasteiger partial charge in [0.15, 0.2) is 0 Å². The monoisotopic (exact) mass is 288 g/mol. The van der Waals surface area contributed by atoms with Crippen LogP contribution in [0.3, 0.4) is 0 Å². The molecule has 0 unspecified atom stereocenters. The van der Waals surface area contributed by atoms with Crippen LogP contribution in [0.15, 0.2) is 53.6 Å². The quantitative estimate of drug-likeness (QED) is 0.870. The number of hydrogen-bond acceptors (Lipinski definition) is 3. The van der Waals surface area contributed by atoms with Gasteiger partial charge < -0.3 is 0 Å². The van der Waals surface area contributed by atoms with Crippen LogP contribution in [0.2, 0.25) is 0 Å². The van der Waals surface area contributed by atoms with Crippen LogP contribution >= 0.6 is 0 Å². The number of sulfonamides is 1. The highest BCUT2D eigenvalue weighted by molar-refractivity contribution is 7.89. The van der Waals surface area contributed by atoms with E-state index in [2.05, 4.69) is 4.98 Å². The number of benzene rings is 1. The number of aryl methyl sites for hydroxylation is 1. The van der Waals surface area contributed by atoms with Gasteiger partial charge in [-0.1, -0.05) is 30.3 Å². The Kier molecular flexibility index (Phi) is 3.31. The Bertz CT molecular complexity index is 708. The summed E-state index contributed by atoms with van der Waals surface area (Å²) in [4.78, 5) is 4.37. The normalized spacial score (nSPS) is 16.9. The maximum absolute atomic E-state index is 12.4. The summed E-state index contributed by atoms with van der Waals surface area (Å²) >= 11 is 0. The Balaban J connectivity index is 1.76. The van der Waals surface area contributed by atoms with Gasteiger partial charge in [-0.3, -0.25) is 4.98 Å². The highest BCUT2D eigenvalue weighted by atomic mass is 32.2. The third kappa shape index (κ3) is 2.34. The molecule has 4 nitrogen and oxygen atoms in total. The topological polar surface area (TPSA) is 50.3 Å². The molecular weight excluding hydrogens is 272 g/mol. The fourth-order valence-electron chi connectivity index (χ4n) is 2.40. The minimum atomic E-state index is -3.37. The fourth-order valence-corrected chi connectivity index (χ4v) is 4.00. The van der Waals surface area contributed by atoms with Gasteiger partial charge in [0.05, 0.1) is 4.90 Å². The molecule has 0 N–H and O–H groups in total. The first kappa shape index (κ1) is 13.3. The van der Waals surface area contributed by atoms with Gasteiger partial charge in [0.1, 0.15) is 0 Å². The lowest BCUT2D eigenvalue weighted by atomic mass is 9.94. The molecule has 0 spiro atoms. The molecule has 0 bridgehead atoms. The van der Waals surface area contributed by atoms with Crippen molar-refractivity contribution in [2.24, 2.45) is 0 Å². The molecule has 2 aromatic rings. The largest absolute Gasteiger partial charge is 0.262 e. The van der Waals surface area contributed by atoms with Crippen LogP contribution in [-0.4, -0.2) is 30.8 Å². The number of rotatable bonds is 3. The van der Waals surface area contributed by atoms with Gasteiger partial charge >= 0.3 is 0 Å². The van der Waals surface area contributed by atoms with E-state index in [0.29, 0.717) is 29.6 Å². The summed E-state index contributed by atoms with van der Waals surface area (Å²) in [6.07, 6.45) is 1.54. The molecule has 1 saturated heterocycles. The molecule has 1 fully saturated rings. The Hall–Kier alpha value is -1.72. The molecule has 3 rings (SSSR count). The first-order valence-corrected chi connectivity index (χ1v) is 7.99. The van der Waals surface area contributed by atoms with E-state index in [-0.39, 0.29) is 0 Å². The van der Waals surface area contributed by atoms with Gasteiger partial charge in [-0.2, -0.15) is 4.31 Å². The van der Waals surface area contributed by atoms with Crippen molar-refractivity contribution in [3.8, 4) is 0 Å². The predicted octanol–water partition coefficient (Wildman–Crippen LogP) is 2.18. The third-order valence-electron chi connectivity index (χ3n) is 3.62. The highest BCUT2D eigenvalue weighted by Gasteiger charge is 2.37. The molecule has 5 heteroatoms. The molecule has 1 aromatic heterocycles. The second-order valence-electron chi connectivity index (χ2n) is 5.06. The molecule has 1 aliphatic heterocycles. The molecule has 0 radical (unpaired) electrons. The Morgan fingerprint density at radius 1 is 1.15 bits per heavy atom. The molecular formula is C15H16N2O2S. The van der Waals surface area contributed by atoms with E-state index in [4.69, 9.17) is 0 Å². The molecule has 104 valence electrons. The van der Waals surface area contributed by atoms with Gasteiger partial charge in [-0.15, -0.1) is 0 Å². The summed E-state index contributed by atoms with van der Waals surface area (Å²) in [6, 6.07) is 13.2. The van der Waals surface area contributed by atoms with Gasteiger partial charge in [-0.05, 0) is 24.6 Å².